The number of fused-ring (bicyclic) bond motifs is 3. The summed E-state index contributed by atoms with van der Waals surface area (Å²) in [6.45, 7) is 4.60. The molecule has 0 amide bonds. The summed E-state index contributed by atoms with van der Waals surface area (Å²) in [5, 5.41) is 5.65. The molecule has 0 saturated heterocycles. The van der Waals surface area contributed by atoms with Gasteiger partial charge in [-0.05, 0) is 59.1 Å². The lowest BCUT2D eigenvalue weighted by molar-refractivity contribution is 0.270. The molecule has 4 aromatic heterocycles. The molecule has 0 radical (unpaired) electrons. The molecule has 0 aliphatic carbocycles. The highest BCUT2D eigenvalue weighted by molar-refractivity contribution is 9.10. The van der Waals surface area contributed by atoms with Crippen molar-refractivity contribution in [2.75, 3.05) is 0 Å². The van der Waals surface area contributed by atoms with Crippen LogP contribution in [-0.4, -0.2) is 19.6 Å². The van der Waals surface area contributed by atoms with Gasteiger partial charge in [0.25, 0.3) is 0 Å². The molecule has 0 N–H and O–H groups in total. The Balaban J connectivity index is 1.47. The second-order valence-corrected chi connectivity index (χ2v) is 8.66. The van der Waals surface area contributed by atoms with Gasteiger partial charge < -0.3 is 9.15 Å². The summed E-state index contributed by atoms with van der Waals surface area (Å²) in [4.78, 5) is 11.6. The molecule has 8 heteroatoms. The van der Waals surface area contributed by atoms with Crippen LogP contribution in [0.5, 0.6) is 5.75 Å². The molecule has 0 aliphatic rings. The van der Waals surface area contributed by atoms with Gasteiger partial charge >= 0.3 is 0 Å². The first kappa shape index (κ1) is 18.3. The molecule has 0 fully saturated rings. The van der Waals surface area contributed by atoms with E-state index in [9.17, 15) is 0 Å². The van der Waals surface area contributed by atoms with Crippen molar-refractivity contribution in [1.29, 1.82) is 0 Å². The van der Waals surface area contributed by atoms with Crippen LogP contribution < -0.4 is 4.74 Å². The van der Waals surface area contributed by atoms with Gasteiger partial charge in [0.1, 0.15) is 29.3 Å². The lowest BCUT2D eigenvalue weighted by atomic mass is 10.1. The highest BCUT2D eigenvalue weighted by Gasteiger charge is 2.18. The third kappa shape index (κ3) is 3.22. The van der Waals surface area contributed by atoms with Crippen LogP contribution in [0.25, 0.3) is 27.4 Å². The Kier molecular flexibility index (Phi) is 4.60. The van der Waals surface area contributed by atoms with E-state index in [0.717, 1.165) is 32.5 Å². The van der Waals surface area contributed by atoms with Gasteiger partial charge in [-0.3, -0.25) is 0 Å². The number of nitrogens with zero attached hydrogens (tertiary/aromatic N) is 4. The maximum absolute atomic E-state index is 5.94. The first-order valence-electron chi connectivity index (χ1n) is 9.23. The second-order valence-electron chi connectivity index (χ2n) is 6.60. The quantitative estimate of drug-likeness (QED) is 0.325. The Morgan fingerprint density at radius 2 is 2.07 bits per heavy atom. The Hall–Kier alpha value is -2.71. The summed E-state index contributed by atoms with van der Waals surface area (Å²) < 4.78 is 14.4. The predicted octanol–water partition coefficient (Wildman–Crippen LogP) is 5.81. The number of aromatic nitrogens is 4. The minimum atomic E-state index is 0.325. The van der Waals surface area contributed by atoms with Gasteiger partial charge in [0.15, 0.2) is 11.4 Å². The molecule has 29 heavy (non-hydrogen) atoms. The summed E-state index contributed by atoms with van der Waals surface area (Å²) in [5.74, 6) is 2.62. The van der Waals surface area contributed by atoms with Crippen molar-refractivity contribution in [3.05, 3.63) is 63.4 Å². The topological polar surface area (TPSA) is 65.5 Å². The first-order chi connectivity index (χ1) is 14.1. The largest absolute Gasteiger partial charge is 0.484 e. The summed E-state index contributed by atoms with van der Waals surface area (Å²) in [5.41, 5.74) is 2.10. The molecule has 146 valence electrons. The Morgan fingerprint density at radius 3 is 2.90 bits per heavy atom. The van der Waals surface area contributed by atoms with Crippen molar-refractivity contribution < 1.29 is 9.15 Å². The molecule has 0 bridgehead atoms. The minimum absolute atomic E-state index is 0.325. The summed E-state index contributed by atoms with van der Waals surface area (Å²) in [6.07, 6.45) is 2.65. The van der Waals surface area contributed by atoms with E-state index in [1.807, 2.05) is 36.4 Å². The van der Waals surface area contributed by atoms with Crippen molar-refractivity contribution in [3.8, 4) is 17.3 Å². The SMILES string of the molecule is CCc1c(C)sc2ncn3nc(-c4ccc(COc5ccccc5Br)o4)nc3c12. The fraction of sp³-hybridized carbons (Fsp3) is 0.190. The number of aryl methyl sites for hydroxylation is 2. The second kappa shape index (κ2) is 7.27. The highest BCUT2D eigenvalue weighted by Crippen LogP contribution is 2.33. The average Bonchev–Trinajstić information content (AvgIpc) is 3.42. The third-order valence-corrected chi connectivity index (χ3v) is 6.48. The minimum Gasteiger partial charge on any atom is -0.484 e. The third-order valence-electron chi connectivity index (χ3n) is 4.77. The molecule has 0 unspecified atom stereocenters. The standard InChI is InChI=1S/C21H17BrN4O2S/c1-3-14-12(2)29-21-18(14)20-24-19(25-26(20)11-23-21)17-9-8-13(28-17)10-27-16-7-5-4-6-15(16)22/h4-9,11H,3,10H2,1-2H3. The number of thiophene rings is 1. The Bertz CT molecular complexity index is 1340. The number of benzene rings is 1. The first-order valence-corrected chi connectivity index (χ1v) is 10.8. The molecule has 5 rings (SSSR count). The fourth-order valence-electron chi connectivity index (χ4n) is 3.38. The summed E-state index contributed by atoms with van der Waals surface area (Å²) in [7, 11) is 0. The molecule has 1 aromatic carbocycles. The lowest BCUT2D eigenvalue weighted by Crippen LogP contribution is -1.94. The Labute approximate surface area is 179 Å². The average molecular weight is 469 g/mol. The van der Waals surface area contributed by atoms with E-state index < -0.39 is 0 Å². The fourth-order valence-corrected chi connectivity index (χ4v) is 4.86. The zero-order chi connectivity index (χ0) is 20.0. The number of halogens is 1. The van der Waals surface area contributed by atoms with E-state index in [0.29, 0.717) is 24.0 Å². The van der Waals surface area contributed by atoms with Crippen molar-refractivity contribution in [3.63, 3.8) is 0 Å². The monoisotopic (exact) mass is 468 g/mol. The van der Waals surface area contributed by atoms with Crippen molar-refractivity contribution in [2.45, 2.75) is 26.9 Å². The van der Waals surface area contributed by atoms with Crippen LogP contribution in [0.3, 0.4) is 0 Å². The number of para-hydroxylation sites is 1. The lowest BCUT2D eigenvalue weighted by Gasteiger charge is -2.05. The van der Waals surface area contributed by atoms with E-state index in [-0.39, 0.29) is 0 Å². The predicted molar refractivity (Wildman–Crippen MR) is 116 cm³/mol. The van der Waals surface area contributed by atoms with Crippen molar-refractivity contribution >= 4 is 43.1 Å². The van der Waals surface area contributed by atoms with Crippen LogP contribution in [0, 0.1) is 6.92 Å². The zero-order valence-corrected chi connectivity index (χ0v) is 18.2. The molecule has 5 aromatic rings. The molecule has 0 spiro atoms. The molecular weight excluding hydrogens is 452 g/mol. The van der Waals surface area contributed by atoms with E-state index in [1.165, 1.54) is 10.4 Å². The van der Waals surface area contributed by atoms with Gasteiger partial charge in [-0.15, -0.1) is 16.4 Å². The van der Waals surface area contributed by atoms with Gasteiger partial charge in [0.2, 0.25) is 5.82 Å². The van der Waals surface area contributed by atoms with E-state index in [4.69, 9.17) is 14.1 Å². The maximum Gasteiger partial charge on any atom is 0.217 e. The van der Waals surface area contributed by atoms with Gasteiger partial charge in [-0.2, -0.15) is 0 Å². The Morgan fingerprint density at radius 1 is 1.21 bits per heavy atom. The van der Waals surface area contributed by atoms with Crippen LogP contribution >= 0.6 is 27.3 Å². The molecular formula is C21H17BrN4O2S. The smallest absolute Gasteiger partial charge is 0.217 e. The molecule has 6 nitrogen and oxygen atoms in total. The van der Waals surface area contributed by atoms with E-state index >= 15 is 0 Å². The molecule has 4 heterocycles. The van der Waals surface area contributed by atoms with Crippen molar-refractivity contribution in [2.24, 2.45) is 0 Å². The number of hydrogen-bond acceptors (Lipinski definition) is 6. The highest BCUT2D eigenvalue weighted by atomic mass is 79.9. The van der Waals surface area contributed by atoms with Crippen molar-refractivity contribution in [1.82, 2.24) is 19.6 Å². The van der Waals surface area contributed by atoms with Gasteiger partial charge in [0, 0.05) is 4.88 Å². The van der Waals surface area contributed by atoms with E-state index in [1.54, 1.807) is 22.2 Å². The number of hydrogen-bond donors (Lipinski definition) is 0. The van der Waals surface area contributed by atoms with Crippen LogP contribution in [0.4, 0.5) is 0 Å². The van der Waals surface area contributed by atoms with Crippen LogP contribution in [0.2, 0.25) is 0 Å². The number of ether oxygens (including phenoxy) is 1. The number of rotatable bonds is 5. The number of furan rings is 1. The van der Waals surface area contributed by atoms with Crippen LogP contribution in [-0.2, 0) is 13.0 Å². The van der Waals surface area contributed by atoms with Crippen LogP contribution in [0.1, 0.15) is 23.1 Å². The zero-order valence-electron chi connectivity index (χ0n) is 15.8. The van der Waals surface area contributed by atoms with Gasteiger partial charge in [0.05, 0.1) is 9.86 Å². The maximum atomic E-state index is 5.94. The molecule has 0 saturated carbocycles. The summed E-state index contributed by atoms with van der Waals surface area (Å²) >= 11 is 5.18. The van der Waals surface area contributed by atoms with Gasteiger partial charge in [-0.25, -0.2) is 14.5 Å². The van der Waals surface area contributed by atoms with Gasteiger partial charge in [-0.1, -0.05) is 19.1 Å². The van der Waals surface area contributed by atoms with Crippen LogP contribution in [0.15, 0.2) is 51.6 Å². The molecule has 0 atom stereocenters. The normalized spacial score (nSPS) is 11.6. The summed E-state index contributed by atoms with van der Waals surface area (Å²) in [6, 6.07) is 11.5. The molecule has 0 aliphatic heterocycles. The van der Waals surface area contributed by atoms with E-state index in [2.05, 4.69) is 39.9 Å².